The van der Waals surface area contributed by atoms with Gasteiger partial charge in [-0.1, -0.05) is 28.1 Å². The number of nitrogen functional groups attached to an aromatic ring is 1. The summed E-state index contributed by atoms with van der Waals surface area (Å²) >= 11 is 4.84. The van der Waals surface area contributed by atoms with E-state index in [9.17, 15) is 9.59 Å². The third-order valence-electron chi connectivity index (χ3n) is 4.48. The second-order valence-electron chi connectivity index (χ2n) is 8.14. The molecule has 0 spiro atoms. The molecule has 8 heteroatoms. The lowest BCUT2D eigenvalue weighted by Gasteiger charge is -2.34. The van der Waals surface area contributed by atoms with Gasteiger partial charge in [0.15, 0.2) is 0 Å². The minimum atomic E-state index is -0.540. The number of carbonyl (C=O) groups excluding carboxylic acids is 2. The molecule has 3 rings (SSSR count). The topological polar surface area (TPSA) is 84.7 Å². The Labute approximate surface area is 183 Å². The molecule has 1 aromatic carbocycles. The number of nitrogens with zero attached hydrogens (tertiary/aromatic N) is 1. The predicted octanol–water partition coefficient (Wildman–Crippen LogP) is 4.89. The van der Waals surface area contributed by atoms with Crippen molar-refractivity contribution in [1.29, 1.82) is 0 Å². The molecule has 1 aliphatic rings. The maximum absolute atomic E-state index is 12.8. The van der Waals surface area contributed by atoms with E-state index >= 15 is 0 Å². The number of nitrogens with one attached hydrogen (secondary N) is 1. The van der Waals surface area contributed by atoms with Crippen molar-refractivity contribution in [3.05, 3.63) is 39.7 Å². The van der Waals surface area contributed by atoms with Crippen LogP contribution < -0.4 is 11.1 Å². The maximum atomic E-state index is 12.8. The molecule has 0 unspecified atom stereocenters. The van der Waals surface area contributed by atoms with Gasteiger partial charge in [-0.2, -0.15) is 0 Å². The van der Waals surface area contributed by atoms with E-state index in [1.54, 1.807) is 4.90 Å². The molecule has 2 amide bonds. The van der Waals surface area contributed by atoms with Crippen LogP contribution in [0.1, 0.15) is 43.3 Å². The highest BCUT2D eigenvalue weighted by Gasteiger charge is 2.29. The van der Waals surface area contributed by atoms with Crippen molar-refractivity contribution in [3.63, 3.8) is 0 Å². The second kappa shape index (κ2) is 8.75. The number of thiophene rings is 1. The molecule has 1 saturated heterocycles. The van der Waals surface area contributed by atoms with Crippen LogP contribution in [0.15, 0.2) is 34.8 Å². The number of hydrogen-bond donors (Lipinski definition) is 2. The van der Waals surface area contributed by atoms with E-state index in [0.29, 0.717) is 23.7 Å². The molecule has 156 valence electrons. The van der Waals surface area contributed by atoms with E-state index in [0.717, 1.165) is 27.8 Å². The summed E-state index contributed by atoms with van der Waals surface area (Å²) in [5, 5.41) is 3.03. The van der Waals surface area contributed by atoms with Crippen LogP contribution in [0.25, 0.3) is 10.4 Å². The lowest BCUT2D eigenvalue weighted by molar-refractivity contribution is 0.0186. The van der Waals surface area contributed by atoms with E-state index in [1.165, 1.54) is 11.3 Å². The Balaban J connectivity index is 1.66. The molecule has 0 bridgehead atoms. The highest BCUT2D eigenvalue weighted by atomic mass is 79.9. The third-order valence-corrected chi connectivity index (χ3v) is 6.18. The minimum absolute atomic E-state index is 0.125. The predicted molar refractivity (Wildman–Crippen MR) is 120 cm³/mol. The number of likely N-dealkylation sites (tertiary alicyclic amines) is 1. The van der Waals surface area contributed by atoms with Crippen molar-refractivity contribution in [2.75, 3.05) is 18.8 Å². The van der Waals surface area contributed by atoms with Crippen molar-refractivity contribution >= 4 is 45.0 Å². The summed E-state index contributed by atoms with van der Waals surface area (Å²) in [6, 6.07) is 9.58. The van der Waals surface area contributed by atoms with Crippen molar-refractivity contribution in [2.45, 2.75) is 45.3 Å². The van der Waals surface area contributed by atoms with Gasteiger partial charge in [0.1, 0.15) is 10.5 Å². The van der Waals surface area contributed by atoms with E-state index in [4.69, 9.17) is 10.5 Å². The number of piperidine rings is 1. The van der Waals surface area contributed by atoms with Crippen LogP contribution in [0.2, 0.25) is 0 Å². The summed E-state index contributed by atoms with van der Waals surface area (Å²) in [5.41, 5.74) is 7.04. The molecular formula is C21H26BrN3O3S. The number of carbonyl (C=O) groups is 2. The van der Waals surface area contributed by atoms with Gasteiger partial charge in [-0.15, -0.1) is 11.3 Å². The summed E-state index contributed by atoms with van der Waals surface area (Å²) in [4.78, 5) is 28.2. The van der Waals surface area contributed by atoms with Gasteiger partial charge in [-0.25, -0.2) is 4.79 Å². The monoisotopic (exact) mass is 479 g/mol. The molecule has 1 atom stereocenters. The number of hydrogen-bond acceptors (Lipinski definition) is 5. The summed E-state index contributed by atoms with van der Waals surface area (Å²) < 4.78 is 6.42. The van der Waals surface area contributed by atoms with Crippen LogP contribution in [0.3, 0.4) is 0 Å². The Hall–Kier alpha value is -2.06. The van der Waals surface area contributed by atoms with E-state index in [1.807, 2.05) is 51.1 Å². The highest BCUT2D eigenvalue weighted by molar-refractivity contribution is 9.10. The molecule has 1 fully saturated rings. The minimum Gasteiger partial charge on any atom is -0.444 e. The largest absolute Gasteiger partial charge is 0.444 e. The number of halogens is 1. The van der Waals surface area contributed by atoms with Gasteiger partial charge in [-0.05, 0) is 57.4 Å². The number of anilines is 1. The molecule has 6 nitrogen and oxygen atoms in total. The molecule has 2 heterocycles. The smallest absolute Gasteiger partial charge is 0.410 e. The number of ether oxygens (including phenoxy) is 1. The van der Waals surface area contributed by atoms with Gasteiger partial charge in [0.25, 0.3) is 5.91 Å². The molecule has 1 aliphatic heterocycles. The van der Waals surface area contributed by atoms with E-state index < -0.39 is 5.60 Å². The zero-order valence-electron chi connectivity index (χ0n) is 16.8. The molecule has 0 saturated carbocycles. The van der Waals surface area contributed by atoms with Gasteiger partial charge >= 0.3 is 6.09 Å². The Morgan fingerprint density at radius 1 is 1.31 bits per heavy atom. The first-order valence-electron chi connectivity index (χ1n) is 9.56. The lowest BCUT2D eigenvalue weighted by atomic mass is 10.1. The summed E-state index contributed by atoms with van der Waals surface area (Å²) in [6.45, 7) is 6.60. The van der Waals surface area contributed by atoms with Crippen molar-refractivity contribution in [1.82, 2.24) is 10.2 Å². The zero-order valence-corrected chi connectivity index (χ0v) is 19.2. The van der Waals surface area contributed by atoms with Crippen molar-refractivity contribution < 1.29 is 14.3 Å². The summed E-state index contributed by atoms with van der Waals surface area (Å²) in [5.74, 6) is -0.204. The lowest BCUT2D eigenvalue weighted by Crippen LogP contribution is -2.50. The molecule has 0 radical (unpaired) electrons. The van der Waals surface area contributed by atoms with Gasteiger partial charge in [0.05, 0.1) is 5.69 Å². The number of benzene rings is 1. The summed E-state index contributed by atoms with van der Waals surface area (Å²) in [6.07, 6.45) is 1.28. The van der Waals surface area contributed by atoms with Gasteiger partial charge in [0, 0.05) is 28.5 Å². The number of rotatable bonds is 3. The quantitative estimate of drug-likeness (QED) is 0.655. The first-order valence-corrected chi connectivity index (χ1v) is 11.2. The van der Waals surface area contributed by atoms with Crippen LogP contribution in [-0.2, 0) is 4.74 Å². The number of amides is 2. The fraction of sp³-hybridized carbons (Fsp3) is 0.429. The van der Waals surface area contributed by atoms with Crippen molar-refractivity contribution in [2.24, 2.45) is 0 Å². The van der Waals surface area contributed by atoms with E-state index in [-0.39, 0.29) is 18.0 Å². The molecule has 2 aromatic rings. The molecule has 1 aromatic heterocycles. The second-order valence-corrected chi connectivity index (χ2v) is 10.1. The molecule has 3 N–H and O–H groups in total. The van der Waals surface area contributed by atoms with Gasteiger partial charge in [-0.3, -0.25) is 4.79 Å². The Morgan fingerprint density at radius 2 is 2.07 bits per heavy atom. The maximum Gasteiger partial charge on any atom is 0.410 e. The first kappa shape index (κ1) is 21.6. The Kier molecular flexibility index (Phi) is 6.53. The normalized spacial score (nSPS) is 17.1. The Morgan fingerprint density at radius 3 is 2.76 bits per heavy atom. The fourth-order valence-electron chi connectivity index (χ4n) is 3.20. The van der Waals surface area contributed by atoms with Crippen LogP contribution in [0.5, 0.6) is 0 Å². The molecular weight excluding hydrogens is 454 g/mol. The fourth-order valence-corrected chi connectivity index (χ4v) is 4.58. The average Bonchev–Trinajstić information content (AvgIpc) is 3.02. The average molecular weight is 480 g/mol. The van der Waals surface area contributed by atoms with Crippen molar-refractivity contribution in [3.8, 4) is 10.4 Å². The van der Waals surface area contributed by atoms with Crippen LogP contribution >= 0.6 is 27.3 Å². The van der Waals surface area contributed by atoms with Gasteiger partial charge in [0.2, 0.25) is 0 Å². The number of nitrogens with two attached hydrogens (primary N) is 1. The standard InChI is InChI=1S/C21H26BrN3O3S/c1-21(2,3)28-20(27)25-9-5-8-15(12-25)24-19(26)18-16(23)11-17(29-18)13-6-4-7-14(22)10-13/h4,6-7,10-11,15H,5,8-9,12,23H2,1-3H3,(H,24,26)/t15-/m1/s1. The zero-order chi connectivity index (χ0) is 21.2. The SMILES string of the molecule is CC(C)(C)OC(=O)N1CCC[C@@H](NC(=O)c2sc(-c3cccc(Br)c3)cc2N)C1. The highest BCUT2D eigenvalue weighted by Crippen LogP contribution is 2.34. The van der Waals surface area contributed by atoms with Crippen LogP contribution in [0, 0.1) is 0 Å². The third kappa shape index (κ3) is 5.73. The van der Waals surface area contributed by atoms with Crippen LogP contribution in [0.4, 0.5) is 10.5 Å². The molecule has 0 aliphatic carbocycles. The van der Waals surface area contributed by atoms with E-state index in [2.05, 4.69) is 21.2 Å². The summed E-state index contributed by atoms with van der Waals surface area (Å²) in [7, 11) is 0. The first-order chi connectivity index (χ1) is 13.6. The van der Waals surface area contributed by atoms with Crippen LogP contribution in [-0.4, -0.2) is 41.6 Å². The van der Waals surface area contributed by atoms with Gasteiger partial charge < -0.3 is 20.7 Å². The molecule has 29 heavy (non-hydrogen) atoms. The Bertz CT molecular complexity index is 907.